The van der Waals surface area contributed by atoms with Gasteiger partial charge in [-0.15, -0.1) is 12.4 Å². The van der Waals surface area contributed by atoms with Gasteiger partial charge in [0, 0.05) is 31.6 Å². The van der Waals surface area contributed by atoms with Crippen LogP contribution in [0.15, 0.2) is 48.5 Å². The third kappa shape index (κ3) is 4.35. The zero-order valence-electron chi connectivity index (χ0n) is 17.6. The van der Waals surface area contributed by atoms with E-state index in [0.29, 0.717) is 29.4 Å². The molecular weight excluding hydrogens is 404 g/mol. The molecule has 2 aromatic rings. The van der Waals surface area contributed by atoms with Gasteiger partial charge >= 0.3 is 0 Å². The van der Waals surface area contributed by atoms with Crippen molar-refractivity contribution in [1.82, 2.24) is 9.80 Å². The van der Waals surface area contributed by atoms with Crippen molar-refractivity contribution in [3.63, 3.8) is 0 Å². The van der Waals surface area contributed by atoms with Crippen LogP contribution in [0.4, 0.5) is 0 Å². The highest BCUT2D eigenvalue weighted by Gasteiger charge is 2.47. The number of para-hydroxylation sites is 2. The Kier molecular flexibility index (Phi) is 7.10. The number of carbonyl (C=O) groups is 1. The molecule has 7 heteroatoms. The van der Waals surface area contributed by atoms with Gasteiger partial charge in [-0.3, -0.25) is 9.69 Å². The monoisotopic (exact) mass is 432 g/mol. The number of hydrogen-bond donors (Lipinski definition) is 0. The van der Waals surface area contributed by atoms with Gasteiger partial charge in [0.25, 0.3) is 5.91 Å². The van der Waals surface area contributed by atoms with E-state index < -0.39 is 0 Å². The van der Waals surface area contributed by atoms with Crippen molar-refractivity contribution in [3.05, 3.63) is 54.1 Å². The molecule has 0 radical (unpaired) electrons. The molecule has 0 unspecified atom stereocenters. The van der Waals surface area contributed by atoms with Crippen molar-refractivity contribution < 1.29 is 19.0 Å². The van der Waals surface area contributed by atoms with Gasteiger partial charge < -0.3 is 19.1 Å². The fourth-order valence-corrected chi connectivity index (χ4v) is 4.73. The topological polar surface area (TPSA) is 51.2 Å². The highest BCUT2D eigenvalue weighted by Crippen LogP contribution is 2.44. The Morgan fingerprint density at radius 2 is 1.67 bits per heavy atom. The molecule has 2 fully saturated rings. The second kappa shape index (κ2) is 9.58. The van der Waals surface area contributed by atoms with E-state index in [9.17, 15) is 4.79 Å². The summed E-state index contributed by atoms with van der Waals surface area (Å²) in [5, 5.41) is 0. The minimum absolute atomic E-state index is 0. The predicted octanol–water partition coefficient (Wildman–Crippen LogP) is 3.27. The van der Waals surface area contributed by atoms with Crippen molar-refractivity contribution in [2.45, 2.75) is 6.04 Å². The fourth-order valence-electron chi connectivity index (χ4n) is 4.73. The fraction of sp³-hybridized carbons (Fsp3) is 0.435. The van der Waals surface area contributed by atoms with E-state index in [1.807, 2.05) is 41.3 Å². The predicted molar refractivity (Wildman–Crippen MR) is 118 cm³/mol. The van der Waals surface area contributed by atoms with Crippen molar-refractivity contribution in [3.8, 4) is 17.2 Å². The number of ether oxygens (including phenoxy) is 3. The van der Waals surface area contributed by atoms with Crippen molar-refractivity contribution in [2.24, 2.45) is 11.8 Å². The Hall–Kier alpha value is -2.44. The smallest absolute Gasteiger partial charge is 0.260 e. The molecule has 2 heterocycles. The van der Waals surface area contributed by atoms with Gasteiger partial charge in [0.05, 0.1) is 14.2 Å². The summed E-state index contributed by atoms with van der Waals surface area (Å²) in [6.07, 6.45) is 0. The lowest BCUT2D eigenvalue weighted by atomic mass is 9.89. The van der Waals surface area contributed by atoms with Gasteiger partial charge in [-0.1, -0.05) is 24.3 Å². The highest BCUT2D eigenvalue weighted by molar-refractivity contribution is 5.85. The lowest BCUT2D eigenvalue weighted by Crippen LogP contribution is -2.36. The maximum absolute atomic E-state index is 12.8. The summed E-state index contributed by atoms with van der Waals surface area (Å²) >= 11 is 0. The number of amides is 1. The molecule has 2 aliphatic rings. The number of methoxy groups -OCH3 is 2. The van der Waals surface area contributed by atoms with Crippen LogP contribution in [0.1, 0.15) is 11.6 Å². The third-order valence-corrected chi connectivity index (χ3v) is 6.12. The lowest BCUT2D eigenvalue weighted by molar-refractivity contribution is -0.132. The molecular formula is C23H29ClN2O4. The maximum atomic E-state index is 12.8. The number of nitrogens with zero attached hydrogens (tertiary/aromatic N) is 2. The van der Waals surface area contributed by atoms with Gasteiger partial charge in [-0.05, 0) is 42.8 Å². The Morgan fingerprint density at radius 1 is 0.967 bits per heavy atom. The van der Waals surface area contributed by atoms with Gasteiger partial charge in [0.1, 0.15) is 5.75 Å². The minimum Gasteiger partial charge on any atom is -0.497 e. The maximum Gasteiger partial charge on any atom is 0.260 e. The molecule has 3 atom stereocenters. The first-order chi connectivity index (χ1) is 14.1. The molecule has 6 nitrogen and oxygen atoms in total. The van der Waals surface area contributed by atoms with Gasteiger partial charge in [0.15, 0.2) is 18.1 Å². The average Bonchev–Trinajstić information content (AvgIpc) is 3.29. The molecule has 0 saturated carbocycles. The van der Waals surface area contributed by atoms with Crippen LogP contribution in [0.25, 0.3) is 0 Å². The first-order valence-electron chi connectivity index (χ1n) is 9.98. The van der Waals surface area contributed by atoms with Gasteiger partial charge in [-0.2, -0.15) is 0 Å². The van der Waals surface area contributed by atoms with Crippen LogP contribution in [0.2, 0.25) is 0 Å². The molecule has 30 heavy (non-hydrogen) atoms. The van der Waals surface area contributed by atoms with Gasteiger partial charge in [-0.25, -0.2) is 0 Å². The van der Waals surface area contributed by atoms with Crippen molar-refractivity contribution >= 4 is 18.3 Å². The van der Waals surface area contributed by atoms with E-state index in [1.165, 1.54) is 5.56 Å². The van der Waals surface area contributed by atoms with E-state index in [0.717, 1.165) is 25.4 Å². The molecule has 2 aliphatic heterocycles. The number of hydrogen-bond acceptors (Lipinski definition) is 5. The standard InChI is InChI=1S/C23H28N2O4.ClH/c1-24-12-17-13-25(22(26)15-29-21-7-5-4-6-20(21)28-3)14-19(17)23(24)16-8-10-18(27-2)11-9-16;/h4-11,17,19,23H,12-15H2,1-3H3;1H/t17-,19+,23+;/m0./s1. The SMILES string of the molecule is COc1ccc([C@@H]2[C@@H]3CN(C(=O)COc4ccccc4OC)C[C@@H]3CN2C)cc1.Cl. The molecule has 162 valence electrons. The number of benzene rings is 2. The number of halogens is 1. The van der Waals surface area contributed by atoms with Crippen LogP contribution in [0.3, 0.4) is 0 Å². The van der Waals surface area contributed by atoms with Gasteiger partial charge in [0.2, 0.25) is 0 Å². The van der Waals surface area contributed by atoms with Crippen LogP contribution < -0.4 is 14.2 Å². The molecule has 2 aromatic carbocycles. The van der Waals surface area contributed by atoms with Crippen LogP contribution in [-0.4, -0.2) is 63.2 Å². The summed E-state index contributed by atoms with van der Waals surface area (Å²) in [5.41, 5.74) is 1.28. The third-order valence-electron chi connectivity index (χ3n) is 6.12. The lowest BCUT2D eigenvalue weighted by Gasteiger charge is -2.27. The Balaban J connectivity index is 0.00000256. The van der Waals surface area contributed by atoms with E-state index in [4.69, 9.17) is 14.2 Å². The molecule has 0 aliphatic carbocycles. The normalized spacial score (nSPS) is 22.9. The number of fused-ring (bicyclic) bond motifs is 1. The van der Waals surface area contributed by atoms with Crippen LogP contribution >= 0.6 is 12.4 Å². The second-order valence-electron chi connectivity index (χ2n) is 7.82. The Labute approximate surface area is 184 Å². The molecule has 1 amide bonds. The summed E-state index contributed by atoms with van der Waals surface area (Å²) < 4.78 is 16.3. The van der Waals surface area contributed by atoms with Crippen molar-refractivity contribution in [1.29, 1.82) is 0 Å². The van der Waals surface area contributed by atoms with E-state index in [2.05, 4.69) is 24.1 Å². The van der Waals surface area contributed by atoms with E-state index in [1.54, 1.807) is 14.2 Å². The summed E-state index contributed by atoms with van der Waals surface area (Å²) in [5.74, 6) is 3.05. The van der Waals surface area contributed by atoms with Crippen LogP contribution in [0, 0.1) is 11.8 Å². The minimum atomic E-state index is 0. The number of rotatable bonds is 6. The second-order valence-corrected chi connectivity index (χ2v) is 7.82. The number of likely N-dealkylation sites (tertiary alicyclic amines) is 2. The zero-order chi connectivity index (χ0) is 20.4. The zero-order valence-corrected chi connectivity index (χ0v) is 18.4. The first-order valence-corrected chi connectivity index (χ1v) is 9.98. The summed E-state index contributed by atoms with van der Waals surface area (Å²) in [6.45, 7) is 2.58. The Bertz CT molecular complexity index is 861. The molecule has 0 N–H and O–H groups in total. The average molecular weight is 433 g/mol. The first kappa shape index (κ1) is 22.2. The number of carbonyl (C=O) groups excluding carboxylic acids is 1. The molecule has 2 saturated heterocycles. The van der Waals surface area contributed by atoms with Crippen LogP contribution in [-0.2, 0) is 4.79 Å². The van der Waals surface area contributed by atoms with E-state index in [-0.39, 0.29) is 24.9 Å². The van der Waals surface area contributed by atoms with E-state index >= 15 is 0 Å². The van der Waals surface area contributed by atoms with Crippen LogP contribution in [0.5, 0.6) is 17.2 Å². The quantitative estimate of drug-likeness (QED) is 0.701. The molecule has 0 aromatic heterocycles. The molecule has 0 bridgehead atoms. The molecule has 4 rings (SSSR count). The summed E-state index contributed by atoms with van der Waals surface area (Å²) in [4.78, 5) is 17.1. The Morgan fingerprint density at radius 3 is 2.33 bits per heavy atom. The summed E-state index contributed by atoms with van der Waals surface area (Å²) in [7, 11) is 5.45. The summed E-state index contributed by atoms with van der Waals surface area (Å²) in [6, 6.07) is 16.0. The van der Waals surface area contributed by atoms with Crippen molar-refractivity contribution in [2.75, 3.05) is 47.5 Å². The molecule has 0 spiro atoms. The largest absolute Gasteiger partial charge is 0.497 e. The highest BCUT2D eigenvalue weighted by atomic mass is 35.5.